The molecule has 178 valence electrons. The second kappa shape index (κ2) is 8.43. The summed E-state index contributed by atoms with van der Waals surface area (Å²) in [5.74, 6) is 0. The predicted molar refractivity (Wildman–Crippen MR) is 141 cm³/mol. The molecular formula is C30H25N3O3. The standard InChI is InChI=1S/C30H25N3O3/c1-32-28-25(29(35)33(2)30(32)36)23(24-26(31-28)21-10-6-7-11-22(21)27(24)34)20-16-14-19(15-17-20)13-12-18-8-4-3-5-9-18/h3-11,14-17,27,34H,12-13H2,1-2H3/t27-/m1/s1. The summed E-state index contributed by atoms with van der Waals surface area (Å²) >= 11 is 0. The van der Waals surface area contributed by atoms with Crippen LogP contribution in [0.3, 0.4) is 0 Å². The number of pyridine rings is 1. The van der Waals surface area contributed by atoms with Crippen molar-refractivity contribution in [3.05, 3.63) is 122 Å². The molecule has 0 radical (unpaired) electrons. The Balaban J connectivity index is 1.56. The average Bonchev–Trinajstić information content (AvgIpc) is 3.21. The quantitative estimate of drug-likeness (QED) is 0.424. The molecule has 36 heavy (non-hydrogen) atoms. The molecule has 0 amide bonds. The molecule has 2 aromatic heterocycles. The van der Waals surface area contributed by atoms with Crippen molar-refractivity contribution in [1.29, 1.82) is 0 Å². The summed E-state index contributed by atoms with van der Waals surface area (Å²) in [5.41, 5.74) is 6.14. The smallest absolute Gasteiger partial charge is 0.332 e. The van der Waals surface area contributed by atoms with Crippen molar-refractivity contribution >= 4 is 11.0 Å². The van der Waals surface area contributed by atoms with Gasteiger partial charge in [-0.05, 0) is 35.1 Å². The van der Waals surface area contributed by atoms with Gasteiger partial charge in [-0.25, -0.2) is 9.78 Å². The molecular weight excluding hydrogens is 450 g/mol. The highest BCUT2D eigenvalue weighted by Crippen LogP contribution is 2.48. The van der Waals surface area contributed by atoms with Gasteiger partial charge in [0.05, 0.1) is 11.1 Å². The highest BCUT2D eigenvalue weighted by molar-refractivity contribution is 5.99. The lowest BCUT2D eigenvalue weighted by Crippen LogP contribution is -2.37. The van der Waals surface area contributed by atoms with Crippen LogP contribution >= 0.6 is 0 Å². The molecule has 0 saturated carbocycles. The summed E-state index contributed by atoms with van der Waals surface area (Å²) in [6.45, 7) is 0. The van der Waals surface area contributed by atoms with Gasteiger partial charge in [0.15, 0.2) is 5.65 Å². The van der Waals surface area contributed by atoms with Crippen molar-refractivity contribution in [3.8, 4) is 22.4 Å². The van der Waals surface area contributed by atoms with Crippen molar-refractivity contribution in [2.75, 3.05) is 0 Å². The first kappa shape index (κ1) is 22.2. The molecule has 5 aromatic rings. The number of benzene rings is 3. The Hall–Kier alpha value is -4.29. The van der Waals surface area contributed by atoms with E-state index in [0.29, 0.717) is 27.9 Å². The number of hydrogen-bond acceptors (Lipinski definition) is 4. The van der Waals surface area contributed by atoms with E-state index in [1.165, 1.54) is 22.7 Å². The third-order valence-electron chi connectivity index (χ3n) is 7.20. The van der Waals surface area contributed by atoms with Gasteiger partial charge in [0.25, 0.3) is 5.56 Å². The zero-order valence-electron chi connectivity index (χ0n) is 20.1. The fraction of sp³-hybridized carbons (Fsp3) is 0.167. The van der Waals surface area contributed by atoms with Gasteiger partial charge >= 0.3 is 5.69 Å². The molecule has 0 bridgehead atoms. The minimum absolute atomic E-state index is 0.314. The van der Waals surface area contributed by atoms with Gasteiger partial charge in [0.1, 0.15) is 6.10 Å². The van der Waals surface area contributed by atoms with E-state index in [1.54, 1.807) is 7.05 Å². The number of aliphatic hydroxyl groups is 1. The topological polar surface area (TPSA) is 77.1 Å². The van der Waals surface area contributed by atoms with E-state index < -0.39 is 17.4 Å². The van der Waals surface area contributed by atoms with E-state index in [0.717, 1.165) is 34.1 Å². The van der Waals surface area contributed by atoms with Crippen LogP contribution in [0.2, 0.25) is 0 Å². The van der Waals surface area contributed by atoms with Crippen molar-refractivity contribution in [3.63, 3.8) is 0 Å². The van der Waals surface area contributed by atoms with E-state index in [-0.39, 0.29) is 0 Å². The molecule has 0 unspecified atom stereocenters. The Morgan fingerprint density at radius 3 is 2.17 bits per heavy atom. The number of nitrogens with zero attached hydrogens (tertiary/aromatic N) is 3. The average molecular weight is 476 g/mol. The molecule has 2 heterocycles. The molecule has 0 aliphatic heterocycles. The lowest BCUT2D eigenvalue weighted by atomic mass is 9.93. The second-order valence-corrected chi connectivity index (χ2v) is 9.33. The van der Waals surface area contributed by atoms with Gasteiger partial charge in [-0.3, -0.25) is 13.9 Å². The van der Waals surface area contributed by atoms with Crippen LogP contribution in [0.4, 0.5) is 0 Å². The lowest BCUT2D eigenvalue weighted by Gasteiger charge is -2.17. The zero-order valence-corrected chi connectivity index (χ0v) is 20.1. The summed E-state index contributed by atoms with van der Waals surface area (Å²) in [5, 5.41) is 11.7. The van der Waals surface area contributed by atoms with Crippen molar-refractivity contribution in [2.24, 2.45) is 14.1 Å². The zero-order chi connectivity index (χ0) is 25.0. The summed E-state index contributed by atoms with van der Waals surface area (Å²) in [7, 11) is 3.09. The van der Waals surface area contributed by atoms with Crippen LogP contribution in [-0.2, 0) is 26.9 Å². The largest absolute Gasteiger partial charge is 0.384 e. The Morgan fingerprint density at radius 2 is 1.44 bits per heavy atom. The molecule has 0 fully saturated rings. The van der Waals surface area contributed by atoms with Crippen molar-refractivity contribution in [2.45, 2.75) is 18.9 Å². The van der Waals surface area contributed by atoms with E-state index >= 15 is 0 Å². The van der Waals surface area contributed by atoms with Gasteiger partial charge < -0.3 is 5.11 Å². The molecule has 3 aromatic carbocycles. The van der Waals surface area contributed by atoms with E-state index in [2.05, 4.69) is 24.3 Å². The molecule has 0 saturated heterocycles. The van der Waals surface area contributed by atoms with Crippen LogP contribution < -0.4 is 11.2 Å². The van der Waals surface area contributed by atoms with Crippen molar-refractivity contribution < 1.29 is 5.11 Å². The maximum atomic E-state index is 13.4. The monoisotopic (exact) mass is 475 g/mol. The fourth-order valence-corrected chi connectivity index (χ4v) is 5.25. The molecule has 1 atom stereocenters. The Labute approximate surface area is 207 Å². The number of fused-ring (bicyclic) bond motifs is 4. The Bertz CT molecular complexity index is 1750. The van der Waals surface area contributed by atoms with Gasteiger partial charge in [0.2, 0.25) is 0 Å². The maximum absolute atomic E-state index is 13.4. The maximum Gasteiger partial charge on any atom is 0.332 e. The fourth-order valence-electron chi connectivity index (χ4n) is 5.25. The van der Waals surface area contributed by atoms with Gasteiger partial charge in [-0.2, -0.15) is 0 Å². The van der Waals surface area contributed by atoms with E-state index in [9.17, 15) is 14.7 Å². The molecule has 1 aliphatic rings. The Kier molecular flexibility index (Phi) is 5.20. The minimum atomic E-state index is -0.914. The van der Waals surface area contributed by atoms with Crippen molar-refractivity contribution in [1.82, 2.24) is 14.1 Å². The summed E-state index contributed by atoms with van der Waals surface area (Å²) in [4.78, 5) is 30.9. The van der Waals surface area contributed by atoms with Gasteiger partial charge in [0, 0.05) is 30.8 Å². The SMILES string of the molecule is Cn1c(=O)c2c(-c3ccc(CCc4ccccc4)cc3)c3c(nc2n(C)c1=O)-c1ccccc1[C@H]3O. The number of rotatable bonds is 4. The summed E-state index contributed by atoms with van der Waals surface area (Å²) in [6, 6.07) is 26.1. The van der Waals surface area contributed by atoms with Crippen LogP contribution in [0.25, 0.3) is 33.4 Å². The van der Waals surface area contributed by atoms with Crippen LogP contribution in [0, 0.1) is 0 Å². The first-order valence-corrected chi connectivity index (χ1v) is 12.0. The first-order valence-electron chi connectivity index (χ1n) is 12.0. The van der Waals surface area contributed by atoms with Crippen LogP contribution in [0.15, 0.2) is 88.5 Å². The van der Waals surface area contributed by atoms with E-state index in [4.69, 9.17) is 4.98 Å². The highest BCUT2D eigenvalue weighted by atomic mass is 16.3. The number of hydrogen-bond donors (Lipinski definition) is 1. The summed E-state index contributed by atoms with van der Waals surface area (Å²) < 4.78 is 2.50. The van der Waals surface area contributed by atoms with Gasteiger partial charge in [-0.15, -0.1) is 0 Å². The van der Waals surface area contributed by atoms with E-state index in [1.807, 2.05) is 54.6 Å². The number of aliphatic hydroxyl groups excluding tert-OH is 1. The number of aryl methyl sites for hydroxylation is 3. The minimum Gasteiger partial charge on any atom is -0.384 e. The third-order valence-corrected chi connectivity index (χ3v) is 7.20. The van der Waals surface area contributed by atoms with Gasteiger partial charge in [-0.1, -0.05) is 78.9 Å². The predicted octanol–water partition coefficient (Wildman–Crippen LogP) is 4.15. The first-order chi connectivity index (χ1) is 17.5. The number of aromatic nitrogens is 3. The third kappa shape index (κ3) is 3.33. The van der Waals surface area contributed by atoms with Crippen LogP contribution in [0.1, 0.15) is 28.4 Å². The lowest BCUT2D eigenvalue weighted by molar-refractivity contribution is 0.225. The Morgan fingerprint density at radius 1 is 0.806 bits per heavy atom. The molecule has 0 spiro atoms. The summed E-state index contributed by atoms with van der Waals surface area (Å²) in [6.07, 6.45) is 0.914. The molecule has 6 heteroatoms. The molecule has 6 nitrogen and oxygen atoms in total. The molecule has 1 N–H and O–H groups in total. The highest BCUT2D eigenvalue weighted by Gasteiger charge is 2.34. The van der Waals surface area contributed by atoms with Crippen LogP contribution in [-0.4, -0.2) is 19.2 Å². The molecule has 6 rings (SSSR count). The normalized spacial score (nSPS) is 14.1. The molecule has 1 aliphatic carbocycles. The second-order valence-electron chi connectivity index (χ2n) is 9.33. The van der Waals surface area contributed by atoms with Crippen LogP contribution in [0.5, 0.6) is 0 Å².